The minimum Gasteiger partial charge on any atom is -0.250 e. The van der Waals surface area contributed by atoms with Gasteiger partial charge in [0, 0.05) is 27.8 Å². The third kappa shape index (κ3) is 2.77. The fraction of sp³-hybridized carbons (Fsp3) is 0.333. The van der Waals surface area contributed by atoms with Gasteiger partial charge in [-0.2, -0.15) is 4.36 Å². The lowest BCUT2D eigenvalue weighted by molar-refractivity contribution is 0.509. The maximum atomic E-state index is 12.7. The van der Waals surface area contributed by atoms with Crippen LogP contribution in [-0.4, -0.2) is 16.2 Å². The Morgan fingerprint density at radius 3 is 2.50 bits per heavy atom. The third-order valence-corrected chi connectivity index (χ3v) is 3.41. The summed E-state index contributed by atoms with van der Waals surface area (Å²) in [6.07, 6.45) is 1.48. The van der Waals surface area contributed by atoms with Crippen molar-refractivity contribution in [1.29, 1.82) is 0 Å². The van der Waals surface area contributed by atoms with Gasteiger partial charge in [-0.15, -0.1) is 0 Å². The zero-order valence-corrected chi connectivity index (χ0v) is 8.78. The summed E-state index contributed by atoms with van der Waals surface area (Å²) in [5.74, 6) is -1.52. The first-order chi connectivity index (χ1) is 6.44. The Morgan fingerprint density at radius 2 is 2.00 bits per heavy atom. The minimum atomic E-state index is -2.32. The van der Waals surface area contributed by atoms with Crippen LogP contribution in [0.3, 0.4) is 0 Å². The van der Waals surface area contributed by atoms with Crippen LogP contribution in [0, 0.1) is 11.6 Å². The summed E-state index contributed by atoms with van der Waals surface area (Å²) in [6.45, 7) is 1.73. The molecule has 1 rings (SSSR count). The van der Waals surface area contributed by atoms with E-state index >= 15 is 0 Å². The van der Waals surface area contributed by atoms with Gasteiger partial charge in [0.25, 0.3) is 0 Å². The first-order valence-electron chi connectivity index (χ1n) is 4.09. The van der Waals surface area contributed by atoms with Crippen molar-refractivity contribution in [3.05, 3.63) is 29.8 Å². The Morgan fingerprint density at radius 1 is 1.36 bits per heavy atom. The van der Waals surface area contributed by atoms with E-state index in [1.165, 1.54) is 12.3 Å². The number of rotatable bonds is 2. The zero-order chi connectivity index (χ0) is 10.8. The summed E-state index contributed by atoms with van der Waals surface area (Å²) in [6, 6.07) is 3.21. The van der Waals surface area contributed by atoms with Crippen LogP contribution in [0.4, 0.5) is 14.5 Å². The van der Waals surface area contributed by atoms with Crippen molar-refractivity contribution in [3.63, 3.8) is 0 Å². The molecule has 14 heavy (non-hydrogen) atoms. The molecule has 0 saturated carbocycles. The van der Waals surface area contributed by atoms with Gasteiger partial charge in [0.05, 0.1) is 5.69 Å². The van der Waals surface area contributed by atoms with Crippen molar-refractivity contribution in [2.45, 2.75) is 6.92 Å². The van der Waals surface area contributed by atoms with E-state index in [1.54, 1.807) is 6.92 Å². The smallest absolute Gasteiger partial charge is 0.160 e. The highest BCUT2D eigenvalue weighted by Gasteiger charge is 2.03. The van der Waals surface area contributed by atoms with Crippen molar-refractivity contribution >= 4 is 15.4 Å². The van der Waals surface area contributed by atoms with E-state index in [4.69, 9.17) is 0 Å². The number of nitrogens with zero attached hydrogens (tertiary/aromatic N) is 1. The van der Waals surface area contributed by atoms with Gasteiger partial charge in [-0.25, -0.2) is 13.0 Å². The number of halogens is 2. The van der Waals surface area contributed by atoms with Crippen LogP contribution < -0.4 is 0 Å². The van der Waals surface area contributed by atoms with Gasteiger partial charge >= 0.3 is 0 Å². The Kier molecular flexibility index (Phi) is 3.21. The van der Waals surface area contributed by atoms with Crippen LogP contribution in [0.15, 0.2) is 22.6 Å². The highest BCUT2D eigenvalue weighted by Crippen LogP contribution is 2.17. The van der Waals surface area contributed by atoms with Crippen molar-refractivity contribution < 1.29 is 13.0 Å². The summed E-state index contributed by atoms with van der Waals surface area (Å²) in [5.41, 5.74) is 0.207. The number of hydrogen-bond donors (Lipinski definition) is 0. The van der Waals surface area contributed by atoms with Gasteiger partial charge in [0.1, 0.15) is 0 Å². The predicted octanol–water partition coefficient (Wildman–Crippen LogP) is 2.71. The molecule has 0 spiro atoms. The first-order valence-corrected chi connectivity index (χ1v) is 6.19. The Hall–Kier alpha value is -0.970. The highest BCUT2D eigenvalue weighted by molar-refractivity contribution is 7.93. The van der Waals surface area contributed by atoms with Crippen molar-refractivity contribution in [2.75, 3.05) is 12.0 Å². The number of benzene rings is 1. The van der Waals surface area contributed by atoms with Gasteiger partial charge in [-0.1, -0.05) is 6.92 Å². The van der Waals surface area contributed by atoms with Crippen LogP contribution in [0.1, 0.15) is 6.92 Å². The molecule has 0 unspecified atom stereocenters. The Labute approximate surface area is 82.1 Å². The van der Waals surface area contributed by atoms with E-state index in [0.717, 1.165) is 12.1 Å². The molecular formula is C9H11F2NOS. The molecule has 0 aliphatic carbocycles. The molecule has 0 bridgehead atoms. The van der Waals surface area contributed by atoms with Gasteiger partial charge in [-0.05, 0) is 12.1 Å². The molecule has 0 radical (unpaired) electrons. The van der Waals surface area contributed by atoms with E-state index in [2.05, 4.69) is 4.36 Å². The fourth-order valence-corrected chi connectivity index (χ4v) is 1.52. The van der Waals surface area contributed by atoms with Gasteiger partial charge in [0.2, 0.25) is 0 Å². The standard InChI is InChI=1S/C9H11F2NOS/c1-3-14(2,13)12-7-4-5-8(10)9(11)6-7/h4-6H,3H2,1-2H3/t14-/m1/s1. The molecule has 2 nitrogen and oxygen atoms in total. The molecule has 0 aliphatic rings. The molecule has 78 valence electrons. The second kappa shape index (κ2) is 4.04. The van der Waals surface area contributed by atoms with Crippen molar-refractivity contribution in [3.8, 4) is 0 Å². The summed E-state index contributed by atoms with van der Waals surface area (Å²) >= 11 is 0. The molecule has 0 N–H and O–H groups in total. The predicted molar refractivity (Wildman–Crippen MR) is 53.1 cm³/mol. The molecule has 1 aromatic rings. The van der Waals surface area contributed by atoms with Gasteiger partial charge in [0.15, 0.2) is 11.6 Å². The van der Waals surface area contributed by atoms with Crippen LogP contribution >= 0.6 is 0 Å². The average Bonchev–Trinajstić information content (AvgIpc) is 2.11. The Bertz CT molecular complexity index is 450. The summed E-state index contributed by atoms with van der Waals surface area (Å²) in [5, 5.41) is 0. The number of hydrogen-bond acceptors (Lipinski definition) is 2. The second-order valence-electron chi connectivity index (χ2n) is 2.94. The zero-order valence-electron chi connectivity index (χ0n) is 7.96. The van der Waals surface area contributed by atoms with Crippen molar-refractivity contribution in [2.24, 2.45) is 4.36 Å². The molecule has 0 amide bonds. The maximum absolute atomic E-state index is 12.7. The third-order valence-electron chi connectivity index (χ3n) is 1.74. The normalized spacial score (nSPS) is 14.9. The highest BCUT2D eigenvalue weighted by atomic mass is 32.2. The topological polar surface area (TPSA) is 29.4 Å². The molecule has 5 heteroatoms. The van der Waals surface area contributed by atoms with E-state index in [-0.39, 0.29) is 5.69 Å². The van der Waals surface area contributed by atoms with Crippen LogP contribution in [0.2, 0.25) is 0 Å². The minimum absolute atomic E-state index is 0.207. The fourth-order valence-electron chi connectivity index (χ4n) is 0.829. The van der Waals surface area contributed by atoms with E-state index in [0.29, 0.717) is 5.75 Å². The van der Waals surface area contributed by atoms with E-state index in [9.17, 15) is 13.0 Å². The van der Waals surface area contributed by atoms with Crippen molar-refractivity contribution in [1.82, 2.24) is 0 Å². The molecule has 0 aliphatic heterocycles. The summed E-state index contributed by atoms with van der Waals surface area (Å²) < 4.78 is 40.6. The quantitative estimate of drug-likeness (QED) is 0.752. The molecule has 1 atom stereocenters. The van der Waals surface area contributed by atoms with E-state index < -0.39 is 21.4 Å². The Balaban J connectivity index is 3.18. The lowest BCUT2D eigenvalue weighted by Gasteiger charge is -2.00. The molecule has 0 fully saturated rings. The SMILES string of the molecule is CC[S@@](C)(=O)=Nc1ccc(F)c(F)c1. The van der Waals surface area contributed by atoms with E-state index in [1.807, 2.05) is 0 Å². The summed E-state index contributed by atoms with van der Waals surface area (Å²) in [7, 11) is -2.32. The van der Waals surface area contributed by atoms with Crippen LogP contribution in [0.5, 0.6) is 0 Å². The summed E-state index contributed by atoms with van der Waals surface area (Å²) in [4.78, 5) is 0. The first kappa shape index (κ1) is 11.1. The second-order valence-corrected chi connectivity index (χ2v) is 5.62. The molecule has 0 heterocycles. The van der Waals surface area contributed by atoms with Gasteiger partial charge in [-0.3, -0.25) is 0 Å². The van der Waals surface area contributed by atoms with Crippen LogP contribution in [0.25, 0.3) is 0 Å². The maximum Gasteiger partial charge on any atom is 0.160 e. The lowest BCUT2D eigenvalue weighted by atomic mass is 10.3. The molecule has 0 saturated heterocycles. The largest absolute Gasteiger partial charge is 0.250 e. The average molecular weight is 219 g/mol. The molecular weight excluding hydrogens is 208 g/mol. The molecule has 0 aromatic heterocycles. The molecule has 1 aromatic carbocycles. The van der Waals surface area contributed by atoms with Gasteiger partial charge < -0.3 is 0 Å². The monoisotopic (exact) mass is 219 g/mol. The lowest BCUT2D eigenvalue weighted by Crippen LogP contribution is -1.97. The van der Waals surface area contributed by atoms with Crippen LogP contribution in [-0.2, 0) is 9.73 Å².